The summed E-state index contributed by atoms with van der Waals surface area (Å²) in [5.41, 5.74) is 6.89. The molecular formula is C24H26O2. The van der Waals surface area contributed by atoms with Crippen molar-refractivity contribution in [3.63, 3.8) is 0 Å². The minimum absolute atomic E-state index is 0.193. The van der Waals surface area contributed by atoms with E-state index >= 15 is 0 Å². The lowest BCUT2D eigenvalue weighted by Crippen LogP contribution is -2.40. The first-order valence-electron chi connectivity index (χ1n) is 10.1. The van der Waals surface area contributed by atoms with Gasteiger partial charge in [0.2, 0.25) is 0 Å². The predicted molar refractivity (Wildman–Crippen MR) is 102 cm³/mol. The van der Waals surface area contributed by atoms with Crippen molar-refractivity contribution in [2.75, 3.05) is 0 Å². The smallest absolute Gasteiger partial charge is 0.139 e. The molecule has 2 nitrogen and oxygen atoms in total. The van der Waals surface area contributed by atoms with E-state index < -0.39 is 0 Å². The van der Waals surface area contributed by atoms with Gasteiger partial charge >= 0.3 is 0 Å². The highest BCUT2D eigenvalue weighted by Gasteiger charge is 2.54. The minimum Gasteiger partial charge on any atom is -0.299 e. The Balaban J connectivity index is 1.73. The van der Waals surface area contributed by atoms with Gasteiger partial charge in [-0.2, -0.15) is 0 Å². The summed E-state index contributed by atoms with van der Waals surface area (Å²) in [7, 11) is 0. The zero-order valence-electron chi connectivity index (χ0n) is 15.5. The summed E-state index contributed by atoms with van der Waals surface area (Å²) in [5.74, 6) is 1.86. The van der Waals surface area contributed by atoms with Crippen LogP contribution in [0.4, 0.5) is 0 Å². The number of hydrogen-bond acceptors (Lipinski definition) is 2. The van der Waals surface area contributed by atoms with Crippen LogP contribution in [-0.4, -0.2) is 11.6 Å². The van der Waals surface area contributed by atoms with Gasteiger partial charge in [-0.15, -0.1) is 0 Å². The molecule has 0 amide bonds. The number of Topliss-reactive ketones (excluding diaryl/α,β-unsaturated/α-hetero) is 2. The number of allylic oxidation sites excluding steroid dienone is 4. The fourth-order valence-electron chi connectivity index (χ4n) is 6.28. The first-order chi connectivity index (χ1) is 12.6. The first kappa shape index (κ1) is 16.2. The fourth-order valence-corrected chi connectivity index (χ4v) is 6.28. The van der Waals surface area contributed by atoms with Crippen molar-refractivity contribution in [1.82, 2.24) is 0 Å². The molecule has 0 spiro atoms. The van der Waals surface area contributed by atoms with Gasteiger partial charge in [-0.25, -0.2) is 0 Å². The first-order valence-corrected chi connectivity index (χ1v) is 10.1. The topological polar surface area (TPSA) is 34.1 Å². The normalized spacial score (nSPS) is 33.9. The second kappa shape index (κ2) is 5.77. The van der Waals surface area contributed by atoms with E-state index in [9.17, 15) is 9.59 Å². The third-order valence-electron chi connectivity index (χ3n) is 7.56. The average molecular weight is 346 g/mol. The third-order valence-corrected chi connectivity index (χ3v) is 7.56. The van der Waals surface area contributed by atoms with Crippen LogP contribution in [0.2, 0.25) is 0 Å². The maximum atomic E-state index is 12.8. The van der Waals surface area contributed by atoms with Gasteiger partial charge in [-0.1, -0.05) is 42.8 Å². The van der Waals surface area contributed by atoms with Gasteiger partial charge in [0.1, 0.15) is 11.6 Å². The molecule has 0 aliphatic heterocycles. The van der Waals surface area contributed by atoms with E-state index in [2.05, 4.69) is 37.3 Å². The van der Waals surface area contributed by atoms with E-state index in [0.717, 1.165) is 38.5 Å². The monoisotopic (exact) mass is 346 g/mol. The minimum atomic E-state index is -0.193. The molecule has 0 aromatic heterocycles. The molecule has 5 rings (SSSR count). The van der Waals surface area contributed by atoms with Crippen molar-refractivity contribution in [3.05, 3.63) is 52.6 Å². The van der Waals surface area contributed by atoms with Crippen LogP contribution in [-0.2, 0) is 9.59 Å². The standard InChI is InChI=1S/C24H26O2/c1-24-14-20(15-5-3-2-4-6-15)23-18-10-8-17(25)13-16(18)7-9-19(23)21(24)11-12-22(24)26/h2-6,19,21H,7-14H2,1H3/t19?,21?,24-/m0/s1. The van der Waals surface area contributed by atoms with Crippen LogP contribution in [0.5, 0.6) is 0 Å². The highest BCUT2D eigenvalue weighted by Crippen LogP contribution is 2.61. The van der Waals surface area contributed by atoms with Crippen LogP contribution >= 0.6 is 0 Å². The number of rotatable bonds is 1. The molecule has 4 aliphatic carbocycles. The Kier molecular flexibility index (Phi) is 3.60. The van der Waals surface area contributed by atoms with Crippen LogP contribution in [0, 0.1) is 17.3 Å². The van der Waals surface area contributed by atoms with Gasteiger partial charge in [-0.3, -0.25) is 9.59 Å². The molecule has 2 unspecified atom stereocenters. The molecule has 1 saturated carbocycles. The zero-order chi connectivity index (χ0) is 17.9. The number of benzene rings is 1. The third kappa shape index (κ3) is 2.24. The Morgan fingerprint density at radius 3 is 2.54 bits per heavy atom. The number of hydrogen-bond donors (Lipinski definition) is 0. The van der Waals surface area contributed by atoms with E-state index in [1.807, 2.05) is 0 Å². The van der Waals surface area contributed by atoms with E-state index in [1.165, 1.54) is 27.9 Å². The molecule has 2 heteroatoms. The number of carbonyl (C=O) groups is 2. The van der Waals surface area contributed by atoms with Crippen molar-refractivity contribution in [3.8, 4) is 0 Å². The SMILES string of the molecule is C[C@]12CC(c3ccccc3)=C3C4=C(CCC3C1CCC2=O)CC(=O)CC4. The summed E-state index contributed by atoms with van der Waals surface area (Å²) in [5, 5.41) is 0. The molecule has 3 atom stereocenters. The zero-order valence-corrected chi connectivity index (χ0v) is 15.5. The van der Waals surface area contributed by atoms with Crippen LogP contribution < -0.4 is 0 Å². The summed E-state index contributed by atoms with van der Waals surface area (Å²) in [6.07, 6.45) is 7.10. The quantitative estimate of drug-likeness (QED) is 0.692. The molecule has 4 aliphatic rings. The molecule has 1 aromatic carbocycles. The molecule has 0 saturated heterocycles. The molecule has 134 valence electrons. The molecule has 0 heterocycles. The molecule has 0 radical (unpaired) electrons. The van der Waals surface area contributed by atoms with E-state index in [4.69, 9.17) is 0 Å². The summed E-state index contributed by atoms with van der Waals surface area (Å²) in [6.45, 7) is 2.22. The lowest BCUT2D eigenvalue weighted by atomic mass is 9.56. The Hall–Kier alpha value is -1.96. The van der Waals surface area contributed by atoms with E-state index in [0.29, 0.717) is 36.2 Å². The van der Waals surface area contributed by atoms with Gasteiger partial charge in [0, 0.05) is 24.7 Å². The number of fused-ring (bicyclic) bond motifs is 4. The lowest BCUT2D eigenvalue weighted by molar-refractivity contribution is -0.126. The van der Waals surface area contributed by atoms with Crippen LogP contribution in [0.25, 0.3) is 5.57 Å². The average Bonchev–Trinajstić information content (AvgIpc) is 2.96. The van der Waals surface area contributed by atoms with E-state index in [-0.39, 0.29) is 5.41 Å². The van der Waals surface area contributed by atoms with Gasteiger partial charge in [0.15, 0.2) is 0 Å². The molecular weight excluding hydrogens is 320 g/mol. The van der Waals surface area contributed by atoms with Crippen molar-refractivity contribution in [1.29, 1.82) is 0 Å². The van der Waals surface area contributed by atoms with Gasteiger partial charge in [-0.05, 0) is 66.2 Å². The highest BCUT2D eigenvalue weighted by molar-refractivity contribution is 5.92. The Morgan fingerprint density at radius 1 is 0.923 bits per heavy atom. The number of ketones is 2. The Bertz CT molecular complexity index is 857. The Morgan fingerprint density at radius 2 is 1.73 bits per heavy atom. The maximum absolute atomic E-state index is 12.8. The van der Waals surface area contributed by atoms with Crippen LogP contribution in [0.1, 0.15) is 63.9 Å². The van der Waals surface area contributed by atoms with Gasteiger partial charge in [0.25, 0.3) is 0 Å². The van der Waals surface area contributed by atoms with E-state index in [1.54, 1.807) is 0 Å². The second-order valence-electron chi connectivity index (χ2n) is 8.86. The molecule has 1 aromatic rings. The predicted octanol–water partition coefficient (Wildman–Crippen LogP) is 5.29. The van der Waals surface area contributed by atoms with Crippen molar-refractivity contribution >= 4 is 17.1 Å². The lowest BCUT2D eigenvalue weighted by Gasteiger charge is -2.47. The van der Waals surface area contributed by atoms with Crippen molar-refractivity contribution in [2.45, 2.75) is 58.3 Å². The Labute approximate surface area is 155 Å². The molecule has 1 fully saturated rings. The van der Waals surface area contributed by atoms with Crippen LogP contribution in [0.3, 0.4) is 0 Å². The largest absolute Gasteiger partial charge is 0.299 e. The van der Waals surface area contributed by atoms with Gasteiger partial charge < -0.3 is 0 Å². The summed E-state index contributed by atoms with van der Waals surface area (Å²) in [4.78, 5) is 24.8. The highest BCUT2D eigenvalue weighted by atomic mass is 16.1. The summed E-state index contributed by atoms with van der Waals surface area (Å²) < 4.78 is 0. The molecule has 0 bridgehead atoms. The van der Waals surface area contributed by atoms with Gasteiger partial charge in [0.05, 0.1) is 0 Å². The summed E-state index contributed by atoms with van der Waals surface area (Å²) in [6, 6.07) is 10.7. The molecule has 26 heavy (non-hydrogen) atoms. The second-order valence-corrected chi connectivity index (χ2v) is 8.86. The maximum Gasteiger partial charge on any atom is 0.139 e. The number of carbonyl (C=O) groups excluding carboxylic acids is 2. The van der Waals surface area contributed by atoms with Crippen molar-refractivity contribution < 1.29 is 9.59 Å². The molecule has 0 N–H and O–H groups in total. The van der Waals surface area contributed by atoms with Crippen molar-refractivity contribution in [2.24, 2.45) is 17.3 Å². The summed E-state index contributed by atoms with van der Waals surface area (Å²) >= 11 is 0. The fraction of sp³-hybridized carbons (Fsp3) is 0.500. The van der Waals surface area contributed by atoms with Crippen LogP contribution in [0.15, 0.2) is 47.1 Å².